The molecule has 0 atom stereocenters. The zero-order chi connectivity index (χ0) is 16.2. The summed E-state index contributed by atoms with van der Waals surface area (Å²) in [6.45, 7) is 3.38. The Morgan fingerprint density at radius 2 is 2.05 bits per heavy atom. The molecule has 124 valence electrons. The maximum absolute atomic E-state index is 12.2. The van der Waals surface area contributed by atoms with E-state index < -0.39 is 10.0 Å². The SMILES string of the molecule is Cc1ccc(CCCC(=O)N2CCC(NS(C)(=O)=O)CC2)s1. The second kappa shape index (κ2) is 7.57. The highest BCUT2D eigenvalue weighted by atomic mass is 32.2. The molecule has 7 heteroatoms. The Bertz CT molecular complexity index is 602. The fraction of sp³-hybridized carbons (Fsp3) is 0.667. The van der Waals surface area contributed by atoms with Gasteiger partial charge in [0.15, 0.2) is 0 Å². The summed E-state index contributed by atoms with van der Waals surface area (Å²) in [5.74, 6) is 0.186. The summed E-state index contributed by atoms with van der Waals surface area (Å²) in [4.78, 5) is 16.7. The first-order chi connectivity index (χ1) is 10.3. The van der Waals surface area contributed by atoms with Crippen LogP contribution < -0.4 is 4.72 Å². The van der Waals surface area contributed by atoms with Crippen LogP contribution in [-0.2, 0) is 21.2 Å². The molecular weight excluding hydrogens is 320 g/mol. The van der Waals surface area contributed by atoms with Crippen LogP contribution in [-0.4, -0.2) is 44.6 Å². The fourth-order valence-electron chi connectivity index (χ4n) is 2.74. The lowest BCUT2D eigenvalue weighted by Crippen LogP contribution is -2.46. The molecule has 1 amide bonds. The van der Waals surface area contributed by atoms with Crippen molar-refractivity contribution in [2.24, 2.45) is 0 Å². The van der Waals surface area contributed by atoms with E-state index in [0.29, 0.717) is 32.4 Å². The number of aryl methyl sites for hydroxylation is 2. The molecule has 0 spiro atoms. The number of thiophene rings is 1. The molecule has 0 unspecified atom stereocenters. The lowest BCUT2D eigenvalue weighted by atomic mass is 10.1. The van der Waals surface area contributed by atoms with Crippen LogP contribution in [0.2, 0.25) is 0 Å². The van der Waals surface area contributed by atoms with E-state index in [2.05, 4.69) is 23.8 Å². The molecule has 0 aromatic carbocycles. The number of nitrogens with one attached hydrogen (secondary N) is 1. The normalized spacial score (nSPS) is 16.9. The topological polar surface area (TPSA) is 66.5 Å². The molecule has 2 rings (SSSR count). The van der Waals surface area contributed by atoms with Gasteiger partial charge in [0.1, 0.15) is 0 Å². The maximum Gasteiger partial charge on any atom is 0.222 e. The highest BCUT2D eigenvalue weighted by Crippen LogP contribution is 2.18. The van der Waals surface area contributed by atoms with Gasteiger partial charge in [-0.15, -0.1) is 11.3 Å². The second-order valence-corrected chi connectivity index (χ2v) is 9.06. The molecule has 1 saturated heterocycles. The number of nitrogens with zero attached hydrogens (tertiary/aromatic N) is 1. The van der Waals surface area contributed by atoms with Crippen LogP contribution in [0.4, 0.5) is 0 Å². The Balaban J connectivity index is 1.69. The van der Waals surface area contributed by atoms with Crippen LogP contribution in [0.1, 0.15) is 35.4 Å². The smallest absolute Gasteiger partial charge is 0.222 e. The number of hydrogen-bond acceptors (Lipinski definition) is 4. The molecular formula is C15H24N2O3S2. The number of hydrogen-bond donors (Lipinski definition) is 1. The van der Waals surface area contributed by atoms with E-state index in [-0.39, 0.29) is 11.9 Å². The van der Waals surface area contributed by atoms with Gasteiger partial charge in [-0.2, -0.15) is 0 Å². The van der Waals surface area contributed by atoms with Gasteiger partial charge < -0.3 is 4.90 Å². The third-order valence-corrected chi connectivity index (χ3v) is 5.66. The number of piperidine rings is 1. The minimum Gasteiger partial charge on any atom is -0.343 e. The second-order valence-electron chi connectivity index (χ2n) is 5.91. The molecule has 1 aromatic rings. The molecule has 1 N–H and O–H groups in total. The zero-order valence-electron chi connectivity index (χ0n) is 13.2. The summed E-state index contributed by atoms with van der Waals surface area (Å²) >= 11 is 1.79. The zero-order valence-corrected chi connectivity index (χ0v) is 14.8. The van der Waals surface area contributed by atoms with Gasteiger partial charge in [0.25, 0.3) is 0 Å². The highest BCUT2D eigenvalue weighted by Gasteiger charge is 2.24. The van der Waals surface area contributed by atoms with E-state index in [9.17, 15) is 13.2 Å². The van der Waals surface area contributed by atoms with Crippen molar-refractivity contribution < 1.29 is 13.2 Å². The van der Waals surface area contributed by atoms with Gasteiger partial charge in [-0.05, 0) is 44.7 Å². The van der Waals surface area contributed by atoms with Crippen molar-refractivity contribution in [2.75, 3.05) is 19.3 Å². The average Bonchev–Trinajstić information content (AvgIpc) is 2.83. The molecule has 1 aliphatic rings. The van der Waals surface area contributed by atoms with Gasteiger partial charge >= 0.3 is 0 Å². The molecule has 0 saturated carbocycles. The van der Waals surface area contributed by atoms with Gasteiger partial charge in [-0.1, -0.05) is 0 Å². The van der Waals surface area contributed by atoms with Crippen LogP contribution in [0, 0.1) is 6.92 Å². The molecule has 5 nitrogen and oxygen atoms in total. The van der Waals surface area contributed by atoms with Crippen molar-refractivity contribution in [3.8, 4) is 0 Å². The first-order valence-electron chi connectivity index (χ1n) is 7.64. The Morgan fingerprint density at radius 1 is 1.36 bits per heavy atom. The van der Waals surface area contributed by atoms with Crippen molar-refractivity contribution in [3.63, 3.8) is 0 Å². The maximum atomic E-state index is 12.2. The molecule has 0 bridgehead atoms. The first kappa shape index (κ1) is 17.4. The lowest BCUT2D eigenvalue weighted by Gasteiger charge is -2.32. The van der Waals surface area contributed by atoms with Gasteiger partial charge in [0, 0.05) is 35.3 Å². The minimum atomic E-state index is -3.16. The molecule has 1 fully saturated rings. The van der Waals surface area contributed by atoms with Crippen molar-refractivity contribution in [1.82, 2.24) is 9.62 Å². The number of likely N-dealkylation sites (tertiary alicyclic amines) is 1. The number of rotatable bonds is 6. The molecule has 0 radical (unpaired) electrons. The Kier molecular flexibility index (Phi) is 6.00. The summed E-state index contributed by atoms with van der Waals surface area (Å²) in [6, 6.07) is 4.21. The first-order valence-corrected chi connectivity index (χ1v) is 10.3. The molecule has 0 aliphatic carbocycles. The van der Waals surface area contributed by atoms with E-state index in [1.54, 1.807) is 11.3 Å². The summed E-state index contributed by atoms with van der Waals surface area (Å²) in [7, 11) is -3.16. The Morgan fingerprint density at radius 3 is 2.59 bits per heavy atom. The van der Waals surface area contributed by atoms with E-state index in [1.807, 2.05) is 4.90 Å². The number of carbonyl (C=O) groups excluding carboxylic acids is 1. The lowest BCUT2D eigenvalue weighted by molar-refractivity contribution is -0.132. The van der Waals surface area contributed by atoms with Gasteiger partial charge in [0.05, 0.1) is 6.26 Å². The van der Waals surface area contributed by atoms with Gasteiger partial charge in [-0.25, -0.2) is 13.1 Å². The molecule has 22 heavy (non-hydrogen) atoms. The largest absolute Gasteiger partial charge is 0.343 e. The van der Waals surface area contributed by atoms with E-state index >= 15 is 0 Å². The molecule has 2 heterocycles. The van der Waals surface area contributed by atoms with E-state index in [4.69, 9.17) is 0 Å². The van der Waals surface area contributed by atoms with Crippen LogP contribution >= 0.6 is 11.3 Å². The quantitative estimate of drug-likeness (QED) is 0.857. The van der Waals surface area contributed by atoms with Crippen molar-refractivity contribution in [3.05, 3.63) is 21.9 Å². The van der Waals surface area contributed by atoms with Gasteiger partial charge in [-0.3, -0.25) is 4.79 Å². The van der Waals surface area contributed by atoms with Crippen LogP contribution in [0.5, 0.6) is 0 Å². The van der Waals surface area contributed by atoms with Crippen LogP contribution in [0.3, 0.4) is 0 Å². The summed E-state index contributed by atoms with van der Waals surface area (Å²) in [6.07, 6.45) is 4.97. The predicted molar refractivity (Wildman–Crippen MR) is 89.6 cm³/mol. The minimum absolute atomic E-state index is 0.0341. The standard InChI is InChI=1S/C15H24N2O3S2/c1-12-6-7-14(21-12)4-3-5-15(18)17-10-8-13(9-11-17)16-22(2,19)20/h6-7,13,16H,3-5,8-11H2,1-2H3. The van der Waals surface area contributed by atoms with Crippen molar-refractivity contribution >= 4 is 27.3 Å². The molecule has 1 aromatic heterocycles. The van der Waals surface area contributed by atoms with Crippen LogP contribution in [0.25, 0.3) is 0 Å². The Hall–Kier alpha value is -0.920. The summed E-state index contributed by atoms with van der Waals surface area (Å²) in [5, 5.41) is 0. The fourth-order valence-corrected chi connectivity index (χ4v) is 4.51. The summed E-state index contributed by atoms with van der Waals surface area (Å²) in [5.41, 5.74) is 0. The third-order valence-electron chi connectivity index (χ3n) is 3.84. The average molecular weight is 345 g/mol. The van der Waals surface area contributed by atoms with E-state index in [0.717, 1.165) is 12.8 Å². The highest BCUT2D eigenvalue weighted by molar-refractivity contribution is 7.88. The van der Waals surface area contributed by atoms with E-state index in [1.165, 1.54) is 16.0 Å². The van der Waals surface area contributed by atoms with Crippen LogP contribution in [0.15, 0.2) is 12.1 Å². The number of amides is 1. The Labute approximate surface area is 136 Å². The third kappa shape index (κ3) is 5.70. The molecule has 1 aliphatic heterocycles. The van der Waals surface area contributed by atoms with Crippen molar-refractivity contribution in [1.29, 1.82) is 0 Å². The monoisotopic (exact) mass is 344 g/mol. The van der Waals surface area contributed by atoms with Gasteiger partial charge in [0.2, 0.25) is 15.9 Å². The number of carbonyl (C=O) groups is 1. The summed E-state index contributed by atoms with van der Waals surface area (Å²) < 4.78 is 25.0. The number of sulfonamides is 1. The van der Waals surface area contributed by atoms with Crippen molar-refractivity contribution in [2.45, 2.75) is 45.1 Å². The predicted octanol–water partition coefficient (Wildman–Crippen LogP) is 1.92.